The number of carbonyl (C=O) groups excluding carboxylic acids is 1. The lowest BCUT2D eigenvalue weighted by Gasteiger charge is -2.17. The lowest BCUT2D eigenvalue weighted by Crippen LogP contribution is -2.33. The number of ether oxygens (including phenoxy) is 1. The molecular formula is C9H15NO5. The molecule has 0 aromatic carbocycles. The van der Waals surface area contributed by atoms with Crippen molar-refractivity contribution >= 4 is 5.97 Å². The molecule has 0 bridgehead atoms. The summed E-state index contributed by atoms with van der Waals surface area (Å²) in [5.74, 6) is -1.73. The van der Waals surface area contributed by atoms with Crippen LogP contribution in [0.3, 0.4) is 0 Å². The first-order valence-corrected chi connectivity index (χ1v) is 5.02. The van der Waals surface area contributed by atoms with Crippen LogP contribution in [-0.4, -0.2) is 35.3 Å². The molecule has 0 saturated carbocycles. The number of hydrogen-bond donors (Lipinski definition) is 1. The molecular weight excluding hydrogens is 202 g/mol. The Morgan fingerprint density at radius 1 is 1.73 bits per heavy atom. The summed E-state index contributed by atoms with van der Waals surface area (Å²) in [6.07, 6.45) is 0.374. The van der Waals surface area contributed by atoms with Crippen molar-refractivity contribution in [3.8, 4) is 0 Å². The largest absolute Gasteiger partial charge is 0.465 e. The van der Waals surface area contributed by atoms with Gasteiger partial charge in [-0.2, -0.15) is 0 Å². The number of carbonyl (C=O) groups is 1. The van der Waals surface area contributed by atoms with Crippen LogP contribution in [0, 0.1) is 22.0 Å². The van der Waals surface area contributed by atoms with E-state index in [0.29, 0.717) is 6.42 Å². The van der Waals surface area contributed by atoms with E-state index in [1.165, 1.54) is 0 Å². The maximum atomic E-state index is 11.3. The van der Waals surface area contributed by atoms with Gasteiger partial charge in [-0.1, -0.05) is 13.3 Å². The average molecular weight is 217 g/mol. The average Bonchev–Trinajstić information content (AvgIpc) is 2.46. The van der Waals surface area contributed by atoms with Gasteiger partial charge in [-0.3, -0.25) is 14.9 Å². The molecule has 0 unspecified atom stereocenters. The van der Waals surface area contributed by atoms with Crippen LogP contribution in [0.15, 0.2) is 0 Å². The van der Waals surface area contributed by atoms with E-state index in [-0.39, 0.29) is 13.2 Å². The van der Waals surface area contributed by atoms with Crippen molar-refractivity contribution in [2.24, 2.45) is 11.8 Å². The minimum absolute atomic E-state index is 0.0469. The fraction of sp³-hybridized carbons (Fsp3) is 0.889. The molecule has 1 aliphatic heterocycles. The molecule has 1 fully saturated rings. The van der Waals surface area contributed by atoms with Crippen LogP contribution in [0.4, 0.5) is 0 Å². The fourth-order valence-corrected chi connectivity index (χ4v) is 1.89. The molecule has 1 saturated heterocycles. The van der Waals surface area contributed by atoms with Crippen molar-refractivity contribution < 1.29 is 19.6 Å². The van der Waals surface area contributed by atoms with Crippen LogP contribution < -0.4 is 0 Å². The second-order valence-corrected chi connectivity index (χ2v) is 3.79. The van der Waals surface area contributed by atoms with Gasteiger partial charge < -0.3 is 9.84 Å². The Morgan fingerprint density at radius 2 is 2.40 bits per heavy atom. The van der Waals surface area contributed by atoms with Crippen LogP contribution in [0.1, 0.15) is 19.8 Å². The normalized spacial score (nSPS) is 27.5. The molecule has 0 aromatic heterocycles. The van der Waals surface area contributed by atoms with Gasteiger partial charge in [-0.15, -0.1) is 0 Å². The van der Waals surface area contributed by atoms with Crippen LogP contribution in [0.5, 0.6) is 0 Å². The third kappa shape index (κ3) is 2.89. The van der Waals surface area contributed by atoms with Gasteiger partial charge in [-0.05, 0) is 6.42 Å². The number of aliphatic hydroxyl groups is 1. The first kappa shape index (κ1) is 11.9. The summed E-state index contributed by atoms with van der Waals surface area (Å²) < 4.78 is 4.74. The summed E-state index contributed by atoms with van der Waals surface area (Å²) >= 11 is 0. The number of nitro groups is 1. The van der Waals surface area contributed by atoms with Crippen molar-refractivity contribution in [1.29, 1.82) is 0 Å². The minimum atomic E-state index is -0.824. The van der Waals surface area contributed by atoms with E-state index >= 15 is 0 Å². The highest BCUT2D eigenvalue weighted by Crippen LogP contribution is 2.27. The summed E-state index contributed by atoms with van der Waals surface area (Å²) in [7, 11) is 0. The van der Waals surface area contributed by atoms with Gasteiger partial charge in [-0.25, -0.2) is 0 Å². The van der Waals surface area contributed by atoms with Gasteiger partial charge in [0.15, 0.2) is 0 Å². The fourth-order valence-electron chi connectivity index (χ4n) is 1.89. The monoisotopic (exact) mass is 217 g/mol. The Bertz CT molecular complexity index is 255. The molecule has 0 radical (unpaired) electrons. The Morgan fingerprint density at radius 3 is 2.93 bits per heavy atom. The van der Waals surface area contributed by atoms with Crippen molar-refractivity contribution in [2.45, 2.75) is 25.9 Å². The third-order valence-corrected chi connectivity index (χ3v) is 2.60. The van der Waals surface area contributed by atoms with Gasteiger partial charge in [0.2, 0.25) is 6.54 Å². The molecule has 0 aliphatic carbocycles. The standard InChI is InChI=1S/C9H15NO5/c1-2-3-7(11)8-6(4-10(13)14)5-15-9(8)12/h6-8,11H,2-5H2,1H3/t6-,7-,8-/m1/s1. The Hall–Kier alpha value is -1.17. The third-order valence-electron chi connectivity index (χ3n) is 2.60. The molecule has 15 heavy (non-hydrogen) atoms. The second-order valence-electron chi connectivity index (χ2n) is 3.79. The molecule has 3 atom stereocenters. The van der Waals surface area contributed by atoms with E-state index in [9.17, 15) is 20.0 Å². The SMILES string of the molecule is CCC[C@@H](O)[C@@H]1C(=O)OC[C@H]1C[N+](=O)[O-]. The van der Waals surface area contributed by atoms with Crippen LogP contribution in [0.25, 0.3) is 0 Å². The predicted octanol–water partition coefficient (Wildman–Crippen LogP) is 0.213. The van der Waals surface area contributed by atoms with E-state index in [4.69, 9.17) is 4.74 Å². The van der Waals surface area contributed by atoms with E-state index in [0.717, 1.165) is 6.42 Å². The highest BCUT2D eigenvalue weighted by atomic mass is 16.6. The molecule has 0 aromatic rings. The smallest absolute Gasteiger partial charge is 0.312 e. The molecule has 1 rings (SSSR count). The summed E-state index contributed by atoms with van der Waals surface area (Å²) in [6, 6.07) is 0. The summed E-state index contributed by atoms with van der Waals surface area (Å²) in [4.78, 5) is 21.1. The quantitative estimate of drug-likeness (QED) is 0.404. The van der Waals surface area contributed by atoms with Crippen LogP contribution in [0.2, 0.25) is 0 Å². The zero-order valence-corrected chi connectivity index (χ0v) is 8.59. The number of esters is 1. The number of nitrogens with zero attached hydrogens (tertiary/aromatic N) is 1. The number of rotatable bonds is 5. The van der Waals surface area contributed by atoms with E-state index < -0.39 is 28.8 Å². The van der Waals surface area contributed by atoms with Crippen LogP contribution >= 0.6 is 0 Å². The molecule has 86 valence electrons. The van der Waals surface area contributed by atoms with Gasteiger partial charge in [0, 0.05) is 4.92 Å². The molecule has 6 heteroatoms. The minimum Gasteiger partial charge on any atom is -0.465 e. The topological polar surface area (TPSA) is 89.7 Å². The maximum absolute atomic E-state index is 11.3. The Balaban J connectivity index is 2.63. The van der Waals surface area contributed by atoms with Crippen LogP contribution in [-0.2, 0) is 9.53 Å². The highest BCUT2D eigenvalue weighted by molar-refractivity contribution is 5.75. The Kier molecular flexibility index (Phi) is 4.02. The Labute approximate surface area is 87.4 Å². The first-order chi connectivity index (χ1) is 7.06. The molecule has 0 spiro atoms. The summed E-state index contributed by atoms with van der Waals surface area (Å²) in [6.45, 7) is 1.61. The van der Waals surface area contributed by atoms with E-state index in [1.807, 2.05) is 6.92 Å². The summed E-state index contributed by atoms with van der Waals surface area (Å²) in [5, 5.41) is 20.0. The molecule has 1 heterocycles. The summed E-state index contributed by atoms with van der Waals surface area (Å²) in [5.41, 5.74) is 0. The second kappa shape index (κ2) is 5.06. The van der Waals surface area contributed by atoms with Crippen molar-refractivity contribution in [3.05, 3.63) is 10.1 Å². The van der Waals surface area contributed by atoms with Gasteiger partial charge in [0.05, 0.1) is 17.9 Å². The number of aliphatic hydroxyl groups excluding tert-OH is 1. The van der Waals surface area contributed by atoms with E-state index in [2.05, 4.69) is 0 Å². The molecule has 1 N–H and O–H groups in total. The lowest BCUT2D eigenvalue weighted by atomic mass is 9.88. The predicted molar refractivity (Wildman–Crippen MR) is 50.7 cm³/mol. The molecule has 0 amide bonds. The van der Waals surface area contributed by atoms with Crippen molar-refractivity contribution in [3.63, 3.8) is 0 Å². The van der Waals surface area contributed by atoms with Crippen molar-refractivity contribution in [2.75, 3.05) is 13.2 Å². The van der Waals surface area contributed by atoms with Crippen molar-refractivity contribution in [1.82, 2.24) is 0 Å². The van der Waals surface area contributed by atoms with Gasteiger partial charge in [0.1, 0.15) is 6.61 Å². The molecule has 6 nitrogen and oxygen atoms in total. The zero-order valence-electron chi connectivity index (χ0n) is 8.59. The number of hydrogen-bond acceptors (Lipinski definition) is 5. The highest BCUT2D eigenvalue weighted by Gasteiger charge is 2.43. The first-order valence-electron chi connectivity index (χ1n) is 5.02. The number of cyclic esters (lactones) is 1. The van der Waals surface area contributed by atoms with E-state index in [1.54, 1.807) is 0 Å². The maximum Gasteiger partial charge on any atom is 0.312 e. The van der Waals surface area contributed by atoms with Gasteiger partial charge >= 0.3 is 5.97 Å². The molecule has 1 aliphatic rings. The van der Waals surface area contributed by atoms with Gasteiger partial charge in [0.25, 0.3) is 0 Å². The lowest BCUT2D eigenvalue weighted by molar-refractivity contribution is -0.489. The zero-order chi connectivity index (χ0) is 11.4.